The van der Waals surface area contributed by atoms with Gasteiger partial charge in [-0.1, -0.05) is 106 Å². The lowest BCUT2D eigenvalue weighted by atomic mass is 10.0. The van der Waals surface area contributed by atoms with Gasteiger partial charge in [0.2, 0.25) is 0 Å². The fraction of sp³-hybridized carbons (Fsp3) is 0.394. The van der Waals surface area contributed by atoms with Crippen molar-refractivity contribution in [2.24, 2.45) is 0 Å². The molecule has 5 heterocycles. The summed E-state index contributed by atoms with van der Waals surface area (Å²) in [6.07, 6.45) is 2.56. The average Bonchev–Trinajstić information content (AvgIpc) is 4.24. The Morgan fingerprint density at radius 2 is 0.951 bits per heavy atom. The highest BCUT2D eigenvalue weighted by molar-refractivity contribution is 6.74. The lowest BCUT2D eigenvalue weighted by molar-refractivity contribution is 0.0627. The molecule has 0 aliphatic carbocycles. The van der Waals surface area contributed by atoms with Crippen LogP contribution >= 0.6 is 0 Å². The molecule has 0 spiro atoms. The minimum absolute atomic E-state index is 0.0154. The Kier molecular flexibility index (Phi) is 18.6. The molecule has 432 valence electrons. The number of benzene rings is 6. The first-order chi connectivity index (χ1) is 39.4. The number of nitrogens with zero attached hydrogens (tertiary/aromatic N) is 6. The van der Waals surface area contributed by atoms with Crippen molar-refractivity contribution < 1.29 is 42.9 Å². The Morgan fingerprint density at radius 1 is 0.524 bits per heavy atom. The van der Waals surface area contributed by atoms with E-state index in [0.29, 0.717) is 57.1 Å². The van der Waals surface area contributed by atoms with Gasteiger partial charge < -0.3 is 33.5 Å². The number of carbonyl (C=O) groups is 4. The van der Waals surface area contributed by atoms with Crippen molar-refractivity contribution in [3.63, 3.8) is 0 Å². The van der Waals surface area contributed by atoms with Crippen molar-refractivity contribution in [1.82, 2.24) is 19.6 Å². The first-order valence-electron chi connectivity index (χ1n) is 28.7. The minimum atomic E-state index is -2.07. The van der Waals surface area contributed by atoms with Crippen LogP contribution in [-0.2, 0) is 17.8 Å². The maximum Gasteiger partial charge on any atom is 0.263 e. The van der Waals surface area contributed by atoms with Gasteiger partial charge in [0.15, 0.2) is 17.2 Å². The van der Waals surface area contributed by atoms with Crippen molar-refractivity contribution >= 4 is 43.3 Å². The third kappa shape index (κ3) is 12.9. The van der Waals surface area contributed by atoms with E-state index in [-0.39, 0.29) is 47.5 Å². The van der Waals surface area contributed by atoms with Crippen LogP contribution in [0.15, 0.2) is 133 Å². The molecule has 82 heavy (non-hydrogen) atoms. The molecule has 15 nitrogen and oxygen atoms in total. The topological polar surface area (TPSA) is 145 Å². The Balaban J connectivity index is 0.000000184. The molecule has 16 heteroatoms. The second-order valence-electron chi connectivity index (χ2n) is 23.2. The zero-order chi connectivity index (χ0) is 58.3. The number of carbonyl (C=O) groups excluding carboxylic acids is 4. The molecule has 0 saturated carbocycles. The molecule has 6 aromatic carbocycles. The third-order valence-corrected chi connectivity index (χ3v) is 21.4. The zero-order valence-corrected chi connectivity index (χ0v) is 50.2. The van der Waals surface area contributed by atoms with Gasteiger partial charge in [0.1, 0.15) is 5.75 Å². The van der Waals surface area contributed by atoms with Crippen LogP contribution in [-0.4, -0.2) is 136 Å². The van der Waals surface area contributed by atoms with Crippen LogP contribution in [0.1, 0.15) is 123 Å². The molecule has 0 unspecified atom stereocenters. The molecule has 3 saturated heterocycles. The lowest BCUT2D eigenvalue weighted by Gasteiger charge is -2.39. The predicted molar refractivity (Wildman–Crippen MR) is 324 cm³/mol. The molecule has 2 atom stereocenters. The summed E-state index contributed by atoms with van der Waals surface area (Å²) in [5, 5.41) is 9.90. The highest BCUT2D eigenvalue weighted by Gasteiger charge is 2.42. The van der Waals surface area contributed by atoms with Crippen LogP contribution in [0.25, 0.3) is 0 Å². The van der Waals surface area contributed by atoms with Gasteiger partial charge in [0.25, 0.3) is 31.9 Å². The summed E-state index contributed by atoms with van der Waals surface area (Å²) in [6, 6.07) is 43.3. The number of imide groups is 2. The number of phenols is 1. The number of fused-ring (bicyclic) bond motifs is 2. The summed E-state index contributed by atoms with van der Waals surface area (Å²) >= 11 is 0. The quantitative estimate of drug-likeness (QED) is 0.0816. The fourth-order valence-corrected chi connectivity index (χ4v) is 12.1. The van der Waals surface area contributed by atoms with Gasteiger partial charge in [-0.3, -0.25) is 38.8 Å². The van der Waals surface area contributed by atoms with Crippen LogP contribution < -0.4 is 23.7 Å². The Hall–Kier alpha value is -7.50. The Labute approximate surface area is 485 Å². The van der Waals surface area contributed by atoms with Crippen LogP contribution in [0.3, 0.4) is 0 Å². The number of piperazine rings is 2. The molecule has 0 aromatic heterocycles. The second-order valence-corrected chi connectivity index (χ2v) is 27.9. The van der Waals surface area contributed by atoms with Crippen molar-refractivity contribution in [3.8, 4) is 23.0 Å². The summed E-state index contributed by atoms with van der Waals surface area (Å²) < 4.78 is 22.3. The van der Waals surface area contributed by atoms with E-state index in [1.807, 2.05) is 54.6 Å². The molecule has 4 amide bonds. The van der Waals surface area contributed by atoms with Gasteiger partial charge in [0.05, 0.1) is 60.9 Å². The average molecular weight is 1130 g/mol. The number of amides is 4. The smallest absolute Gasteiger partial charge is 0.263 e. The van der Waals surface area contributed by atoms with Crippen LogP contribution in [0.4, 0.5) is 11.4 Å². The highest BCUT2D eigenvalue weighted by atomic mass is 28.4. The molecule has 6 aromatic rings. The van der Waals surface area contributed by atoms with Crippen LogP contribution in [0.5, 0.6) is 23.0 Å². The van der Waals surface area contributed by atoms with E-state index in [0.717, 1.165) is 82.5 Å². The number of aromatic hydroxyl groups is 1. The molecule has 5 aliphatic heterocycles. The van der Waals surface area contributed by atoms with Crippen LogP contribution in [0, 0.1) is 0 Å². The lowest BCUT2D eigenvalue weighted by Crippen LogP contribution is -2.47. The van der Waals surface area contributed by atoms with Gasteiger partial charge >= 0.3 is 0 Å². The SMILES string of the molecule is C1CCOC1.COc1cc(CN2C(=O)c3cccc(N4CCN([C@H](C)c5ccccc5)CC4)c3C2=O)ccc1O.COc1cc(CN2C(=O)c3cccc(N4CCN([C@H](C)c5ccccc5)CC4)c3C2=O)ccc1O[Si](C)(C)C(C)(C)C. The Bertz CT molecular complexity index is 3220. The fourth-order valence-electron chi connectivity index (χ4n) is 11.0. The zero-order valence-electron chi connectivity index (χ0n) is 49.2. The highest BCUT2D eigenvalue weighted by Crippen LogP contribution is 2.42. The molecular weight excluding hydrogens is 1050 g/mol. The molecule has 11 rings (SSSR count). The van der Waals surface area contributed by atoms with E-state index in [9.17, 15) is 24.3 Å². The molecule has 5 aliphatic rings. The standard InChI is InChI=1S/C34H43N3O4Si.C28H29N3O4.C4H8O/c1-24(26-12-9-8-10-13-26)35-18-20-36(21-19-35)28-15-11-14-27-31(28)33(39)37(32(27)38)23-25-16-17-29(30(22-25)40-5)41-42(6,7)34(2,3)4;1-19(21-7-4-3-5-8-21)29-13-15-30(16-14-29)23-10-6-9-22-26(23)28(34)31(27(22)33)18-20-11-12-24(32)25(17-20)35-2;1-2-4-5-3-1/h8-17,22,24H,18-21,23H2,1-7H3;3-12,17,19,32H,13-16,18H2,1-2H3;1-4H2/t24-;19-;/m11./s1. The first-order valence-corrected chi connectivity index (χ1v) is 31.7. The monoisotopic (exact) mass is 1130 g/mol. The maximum absolute atomic E-state index is 13.8. The van der Waals surface area contributed by atoms with Crippen molar-refractivity contribution in [2.75, 3.05) is 89.6 Å². The molecule has 0 radical (unpaired) electrons. The molecule has 3 fully saturated rings. The summed E-state index contributed by atoms with van der Waals surface area (Å²) in [6.45, 7) is 24.4. The predicted octanol–water partition coefficient (Wildman–Crippen LogP) is 11.6. The number of ether oxygens (including phenoxy) is 3. The normalized spacial score (nSPS) is 17.4. The summed E-state index contributed by atoms with van der Waals surface area (Å²) in [7, 11) is 1.01. The number of methoxy groups -OCH3 is 2. The van der Waals surface area contributed by atoms with E-state index in [1.54, 1.807) is 31.4 Å². The third-order valence-electron chi connectivity index (χ3n) is 17.1. The number of hydrogen-bond acceptors (Lipinski definition) is 13. The summed E-state index contributed by atoms with van der Waals surface area (Å²) in [5.41, 5.74) is 7.69. The van der Waals surface area contributed by atoms with E-state index in [2.05, 4.69) is 116 Å². The minimum Gasteiger partial charge on any atom is -0.541 e. The van der Waals surface area contributed by atoms with Crippen LogP contribution in [0.2, 0.25) is 18.1 Å². The van der Waals surface area contributed by atoms with Crippen molar-refractivity contribution in [3.05, 3.63) is 178 Å². The van der Waals surface area contributed by atoms with Gasteiger partial charge in [-0.2, -0.15) is 0 Å². The molecule has 0 bridgehead atoms. The van der Waals surface area contributed by atoms with E-state index >= 15 is 0 Å². The Morgan fingerprint density at radius 3 is 1.35 bits per heavy atom. The van der Waals surface area contributed by atoms with Gasteiger partial charge in [-0.25, -0.2) is 0 Å². The van der Waals surface area contributed by atoms with Gasteiger partial charge in [-0.05, 0) is 116 Å². The molecular formula is C66H80N6O9Si. The van der Waals surface area contributed by atoms with E-state index in [1.165, 1.54) is 46.9 Å². The first kappa shape index (κ1) is 59.1. The van der Waals surface area contributed by atoms with Gasteiger partial charge in [0, 0.05) is 77.7 Å². The van der Waals surface area contributed by atoms with Crippen molar-refractivity contribution in [1.29, 1.82) is 0 Å². The number of rotatable bonds is 14. The second kappa shape index (κ2) is 25.7. The van der Waals surface area contributed by atoms with E-state index in [4.69, 9.17) is 18.6 Å². The number of hydrogen-bond donors (Lipinski definition) is 1. The maximum atomic E-state index is 13.8. The number of anilines is 2. The summed E-state index contributed by atoms with van der Waals surface area (Å²) in [5.74, 6) is 0.544. The summed E-state index contributed by atoms with van der Waals surface area (Å²) in [4.78, 5) is 65.9. The number of phenolic OH excluding ortho intramolecular Hbond substituents is 1. The largest absolute Gasteiger partial charge is 0.541 e. The van der Waals surface area contributed by atoms with E-state index < -0.39 is 8.32 Å². The van der Waals surface area contributed by atoms with Crippen molar-refractivity contribution in [2.45, 2.75) is 90.8 Å². The van der Waals surface area contributed by atoms with Gasteiger partial charge in [-0.15, -0.1) is 0 Å². The molecule has 1 N–H and O–H groups in total.